The number of para-hydroxylation sites is 1. The Balaban J connectivity index is 1.60. The fourth-order valence-electron chi connectivity index (χ4n) is 4.85. The van der Waals surface area contributed by atoms with Gasteiger partial charge in [0.2, 0.25) is 0 Å². The predicted molar refractivity (Wildman–Crippen MR) is 133 cm³/mol. The Bertz CT molecular complexity index is 1780. The van der Waals surface area contributed by atoms with Gasteiger partial charge in [-0.05, 0) is 54.6 Å². The summed E-state index contributed by atoms with van der Waals surface area (Å²) in [4.78, 5) is 13.7. The van der Waals surface area contributed by atoms with Gasteiger partial charge in [0.05, 0.1) is 56.9 Å². The van der Waals surface area contributed by atoms with Crippen molar-refractivity contribution in [2.75, 3.05) is 5.73 Å². The number of hydrogen-bond acceptors (Lipinski definition) is 4. The van der Waals surface area contributed by atoms with Gasteiger partial charge in [-0.2, -0.15) is 0 Å². The van der Waals surface area contributed by atoms with Gasteiger partial charge >= 0.3 is 0 Å². The van der Waals surface area contributed by atoms with Gasteiger partial charge in [-0.25, -0.2) is 0 Å². The molecule has 0 aliphatic rings. The molecule has 6 nitrogen and oxygen atoms in total. The van der Waals surface area contributed by atoms with E-state index in [-0.39, 0.29) is 0 Å². The molecular weight excluding hydrogens is 408 g/mol. The van der Waals surface area contributed by atoms with E-state index in [1.165, 1.54) is 0 Å². The Morgan fingerprint density at radius 2 is 1.36 bits per heavy atom. The molecule has 0 radical (unpaired) electrons. The lowest BCUT2D eigenvalue weighted by Gasteiger charge is -2.09. The maximum absolute atomic E-state index is 6.12. The molecule has 2 N–H and O–H groups in total. The molecule has 33 heavy (non-hydrogen) atoms. The van der Waals surface area contributed by atoms with Gasteiger partial charge in [-0.1, -0.05) is 18.2 Å². The average Bonchev–Trinajstić information content (AvgIpc) is 3.36. The number of nitrogen functional groups attached to an aromatic ring is 1. The zero-order valence-corrected chi connectivity index (χ0v) is 17.6. The molecule has 5 heterocycles. The van der Waals surface area contributed by atoms with Gasteiger partial charge in [-0.3, -0.25) is 15.0 Å². The van der Waals surface area contributed by atoms with Crippen LogP contribution >= 0.6 is 0 Å². The van der Waals surface area contributed by atoms with Crippen LogP contribution in [0.4, 0.5) is 5.69 Å². The van der Waals surface area contributed by atoms with Crippen molar-refractivity contribution in [2.45, 2.75) is 0 Å². The molecule has 0 aliphatic heterocycles. The summed E-state index contributed by atoms with van der Waals surface area (Å²) in [6.45, 7) is 0. The van der Waals surface area contributed by atoms with Gasteiger partial charge in [0, 0.05) is 28.9 Å². The van der Waals surface area contributed by atoms with Crippen LogP contribution in [0.5, 0.6) is 0 Å². The van der Waals surface area contributed by atoms with Crippen LogP contribution in [-0.2, 0) is 0 Å². The summed E-state index contributed by atoms with van der Waals surface area (Å²) in [5.41, 5.74) is 14.9. The van der Waals surface area contributed by atoms with Crippen LogP contribution in [0.1, 0.15) is 0 Å². The zero-order valence-electron chi connectivity index (χ0n) is 17.6. The van der Waals surface area contributed by atoms with Gasteiger partial charge in [0.15, 0.2) is 0 Å². The second-order valence-electron chi connectivity index (χ2n) is 8.11. The van der Waals surface area contributed by atoms with E-state index in [0.717, 1.165) is 55.2 Å². The van der Waals surface area contributed by atoms with E-state index < -0.39 is 0 Å². The third-order valence-corrected chi connectivity index (χ3v) is 6.20. The van der Waals surface area contributed by atoms with Crippen LogP contribution in [0.2, 0.25) is 0 Å². The number of fused-ring (bicyclic) bond motifs is 6. The van der Waals surface area contributed by atoms with E-state index in [1.54, 1.807) is 12.4 Å². The fourth-order valence-corrected chi connectivity index (χ4v) is 4.85. The third kappa shape index (κ3) is 2.52. The first-order valence-corrected chi connectivity index (χ1v) is 10.7. The summed E-state index contributed by atoms with van der Waals surface area (Å²) in [6.07, 6.45) is 7.19. The molecule has 7 aromatic rings. The average molecular weight is 426 g/mol. The van der Waals surface area contributed by atoms with E-state index in [4.69, 9.17) is 10.7 Å². The molecule has 0 atom stereocenters. The Kier molecular flexibility index (Phi) is 3.61. The van der Waals surface area contributed by atoms with Crippen molar-refractivity contribution < 1.29 is 0 Å². The Labute approximate surface area is 188 Å². The number of aromatic nitrogens is 5. The number of pyridine rings is 3. The second kappa shape index (κ2) is 6.64. The topological polar surface area (TPSA) is 74.5 Å². The molecule has 7 rings (SSSR count). The highest BCUT2D eigenvalue weighted by Gasteiger charge is 2.17. The minimum absolute atomic E-state index is 0.629. The minimum atomic E-state index is 0.629. The van der Waals surface area contributed by atoms with Crippen molar-refractivity contribution in [3.63, 3.8) is 0 Å². The van der Waals surface area contributed by atoms with E-state index in [0.29, 0.717) is 5.69 Å². The highest BCUT2D eigenvalue weighted by molar-refractivity contribution is 6.10. The van der Waals surface area contributed by atoms with Gasteiger partial charge in [-0.15, -0.1) is 0 Å². The van der Waals surface area contributed by atoms with E-state index in [9.17, 15) is 0 Å². The van der Waals surface area contributed by atoms with Crippen molar-refractivity contribution in [1.82, 2.24) is 24.1 Å². The molecule has 5 aromatic heterocycles. The van der Waals surface area contributed by atoms with E-state index in [2.05, 4.69) is 67.6 Å². The summed E-state index contributed by atoms with van der Waals surface area (Å²) < 4.78 is 4.43. The van der Waals surface area contributed by atoms with Crippen LogP contribution < -0.4 is 5.73 Å². The molecule has 0 fully saturated rings. The molecule has 0 saturated heterocycles. The first kappa shape index (κ1) is 17.9. The fraction of sp³-hybridized carbons (Fsp3) is 0. The van der Waals surface area contributed by atoms with Crippen molar-refractivity contribution in [3.8, 4) is 11.4 Å². The van der Waals surface area contributed by atoms with Gasteiger partial charge in [0.1, 0.15) is 0 Å². The lowest BCUT2D eigenvalue weighted by molar-refractivity contribution is 1.13. The Hall–Kier alpha value is -4.71. The van der Waals surface area contributed by atoms with Crippen molar-refractivity contribution in [2.24, 2.45) is 0 Å². The molecule has 0 bridgehead atoms. The van der Waals surface area contributed by atoms with Gasteiger partial charge < -0.3 is 14.9 Å². The largest absolute Gasteiger partial charge is 0.397 e. The van der Waals surface area contributed by atoms with Crippen LogP contribution in [0.25, 0.3) is 55.2 Å². The maximum Gasteiger partial charge on any atom is 0.0965 e. The van der Waals surface area contributed by atoms with Crippen LogP contribution in [0.15, 0.2) is 97.6 Å². The lowest BCUT2D eigenvalue weighted by atomic mass is 10.2. The molecule has 0 saturated carbocycles. The number of nitrogens with two attached hydrogens (primary N) is 1. The Morgan fingerprint density at radius 1 is 0.576 bits per heavy atom. The van der Waals surface area contributed by atoms with E-state index >= 15 is 0 Å². The number of anilines is 1. The molecule has 6 heteroatoms. The van der Waals surface area contributed by atoms with Crippen LogP contribution in [0, 0.1) is 0 Å². The number of rotatable bonds is 2. The first-order chi connectivity index (χ1) is 16.3. The summed E-state index contributed by atoms with van der Waals surface area (Å²) in [5.74, 6) is 0. The molecule has 0 unspecified atom stereocenters. The summed E-state index contributed by atoms with van der Waals surface area (Å²) in [5, 5.41) is 2.19. The SMILES string of the molecule is Nc1cnc2c3cc(-n4c5ccccc5c5ncccc54)ccc3n(-c3cccnc3)c2c1. The minimum Gasteiger partial charge on any atom is -0.397 e. The van der Waals surface area contributed by atoms with E-state index in [1.807, 2.05) is 36.7 Å². The predicted octanol–water partition coefficient (Wildman–Crippen LogP) is 5.65. The maximum atomic E-state index is 6.12. The normalized spacial score (nSPS) is 11.8. The standard InChI is InChI=1S/C27H18N6/c28-17-13-25-27(31-15-17)21-14-18(9-10-23(21)33(25)19-5-3-11-29-16-19)32-22-7-2-1-6-20(22)26-24(32)8-4-12-30-26/h1-16H,28H2. The number of nitrogens with zero attached hydrogens (tertiary/aromatic N) is 5. The van der Waals surface area contributed by atoms with Crippen LogP contribution in [-0.4, -0.2) is 24.1 Å². The summed E-state index contributed by atoms with van der Waals surface area (Å²) in [7, 11) is 0. The van der Waals surface area contributed by atoms with Crippen LogP contribution in [0.3, 0.4) is 0 Å². The second-order valence-corrected chi connectivity index (χ2v) is 8.11. The highest BCUT2D eigenvalue weighted by Crippen LogP contribution is 2.35. The first-order valence-electron chi connectivity index (χ1n) is 10.7. The molecule has 0 spiro atoms. The molecule has 0 amide bonds. The molecule has 156 valence electrons. The van der Waals surface area contributed by atoms with Crippen molar-refractivity contribution in [3.05, 3.63) is 97.6 Å². The number of benzene rings is 2. The summed E-state index contributed by atoms with van der Waals surface area (Å²) in [6, 6.07) is 24.9. The Morgan fingerprint density at radius 3 is 2.27 bits per heavy atom. The number of hydrogen-bond donors (Lipinski definition) is 1. The zero-order chi connectivity index (χ0) is 21.9. The van der Waals surface area contributed by atoms with Gasteiger partial charge in [0.25, 0.3) is 0 Å². The van der Waals surface area contributed by atoms with Crippen molar-refractivity contribution in [1.29, 1.82) is 0 Å². The highest BCUT2D eigenvalue weighted by atomic mass is 15.0. The smallest absolute Gasteiger partial charge is 0.0965 e. The lowest BCUT2D eigenvalue weighted by Crippen LogP contribution is -1.96. The summed E-state index contributed by atoms with van der Waals surface area (Å²) >= 11 is 0. The quantitative estimate of drug-likeness (QED) is 0.388. The monoisotopic (exact) mass is 426 g/mol. The molecule has 2 aromatic carbocycles. The van der Waals surface area contributed by atoms with Crippen molar-refractivity contribution >= 4 is 49.6 Å². The molecule has 0 aliphatic carbocycles. The third-order valence-electron chi connectivity index (χ3n) is 6.20. The molecular formula is C27H18N6.